The van der Waals surface area contributed by atoms with E-state index in [0.717, 1.165) is 0 Å². The second-order valence-corrected chi connectivity index (χ2v) is 1.72. The molecule has 0 aliphatic rings. The second-order valence-electron chi connectivity index (χ2n) is 0.877. The summed E-state index contributed by atoms with van der Waals surface area (Å²) >= 11 is 0. The Bertz CT molecular complexity index is 94.5. The first-order valence-corrected chi connectivity index (χ1v) is 2.90. The second kappa shape index (κ2) is 4.84. The Morgan fingerprint density at radius 3 is 2.88 bits per heavy atom. The maximum Gasteiger partial charge on any atom is 0.733 e. The van der Waals surface area contributed by atoms with Crippen molar-refractivity contribution in [2.75, 3.05) is 6.61 Å². The largest absolute Gasteiger partial charge is 0.733 e. The molecule has 0 fully saturated rings. The van der Waals surface area contributed by atoms with Crippen molar-refractivity contribution in [3.8, 4) is 0 Å². The van der Waals surface area contributed by atoms with Crippen molar-refractivity contribution in [1.82, 2.24) is 0 Å². The monoisotopic (exact) mass is 139 g/mol. The third kappa shape index (κ3) is 3.87. The number of halogens is 1. The van der Waals surface area contributed by atoms with Gasteiger partial charge in [-0.05, 0) is 0 Å². The van der Waals surface area contributed by atoms with E-state index >= 15 is 0 Å². The molecule has 5 heteroatoms. The van der Waals surface area contributed by atoms with E-state index in [1.807, 2.05) is 0 Å². The fourth-order valence-corrected chi connectivity index (χ4v) is 0.400. The van der Waals surface area contributed by atoms with Gasteiger partial charge < -0.3 is 0 Å². The SMILES string of the molecule is C=CCO[P+](=O)OF. The van der Waals surface area contributed by atoms with E-state index in [-0.39, 0.29) is 6.61 Å². The molecule has 0 rings (SSSR count). The first-order valence-electron chi connectivity index (χ1n) is 1.81. The summed E-state index contributed by atoms with van der Waals surface area (Å²) in [5, 5.41) is 0. The Morgan fingerprint density at radius 2 is 2.50 bits per heavy atom. The molecule has 1 atom stereocenters. The van der Waals surface area contributed by atoms with E-state index in [4.69, 9.17) is 0 Å². The van der Waals surface area contributed by atoms with E-state index in [9.17, 15) is 9.09 Å². The lowest BCUT2D eigenvalue weighted by Crippen LogP contribution is -1.77. The number of hydrogen-bond donors (Lipinski definition) is 0. The highest BCUT2D eigenvalue weighted by atomic mass is 31.1. The van der Waals surface area contributed by atoms with Crippen LogP contribution < -0.4 is 0 Å². The van der Waals surface area contributed by atoms with Gasteiger partial charge >= 0.3 is 8.25 Å². The molecule has 0 heterocycles. The lowest BCUT2D eigenvalue weighted by Gasteiger charge is -1.73. The molecule has 0 saturated carbocycles. The van der Waals surface area contributed by atoms with Gasteiger partial charge in [-0.25, -0.2) is 0 Å². The van der Waals surface area contributed by atoms with Gasteiger partial charge in [0, 0.05) is 9.09 Å². The quantitative estimate of drug-likeness (QED) is 0.439. The molecule has 3 nitrogen and oxygen atoms in total. The van der Waals surface area contributed by atoms with Crippen molar-refractivity contribution >= 4 is 8.25 Å². The zero-order valence-corrected chi connectivity index (χ0v) is 4.94. The third-order valence-corrected chi connectivity index (χ3v) is 0.827. The maximum absolute atomic E-state index is 10.8. The molecule has 0 aromatic carbocycles. The van der Waals surface area contributed by atoms with E-state index in [2.05, 4.69) is 15.8 Å². The molecule has 0 bridgehead atoms. The zero-order valence-electron chi connectivity index (χ0n) is 4.04. The fraction of sp³-hybridized carbons (Fsp3) is 0.333. The van der Waals surface area contributed by atoms with Gasteiger partial charge in [0.1, 0.15) is 11.3 Å². The smallest absolute Gasteiger partial charge is 0.113 e. The molecule has 0 N–H and O–H groups in total. The van der Waals surface area contributed by atoms with Crippen LogP contribution in [0.25, 0.3) is 0 Å². The van der Waals surface area contributed by atoms with Crippen LogP contribution in [0.5, 0.6) is 0 Å². The van der Waals surface area contributed by atoms with Crippen LogP contribution in [0.4, 0.5) is 4.53 Å². The van der Waals surface area contributed by atoms with E-state index in [1.54, 1.807) is 0 Å². The normalized spacial score (nSPS) is 10.9. The summed E-state index contributed by atoms with van der Waals surface area (Å²) < 4.78 is 27.5. The van der Waals surface area contributed by atoms with Crippen LogP contribution >= 0.6 is 8.25 Å². The van der Waals surface area contributed by atoms with Crippen LogP contribution in [0, 0.1) is 0 Å². The minimum absolute atomic E-state index is 0.0269. The topological polar surface area (TPSA) is 35.5 Å². The first kappa shape index (κ1) is 7.69. The van der Waals surface area contributed by atoms with Gasteiger partial charge in [0.15, 0.2) is 0 Å². The summed E-state index contributed by atoms with van der Waals surface area (Å²) in [5.74, 6) is 0. The molecular weight excluding hydrogens is 134 g/mol. The van der Waals surface area contributed by atoms with E-state index in [1.165, 1.54) is 6.08 Å². The fourth-order valence-electron chi connectivity index (χ4n) is 0.133. The van der Waals surface area contributed by atoms with Crippen molar-refractivity contribution in [2.45, 2.75) is 0 Å². The maximum atomic E-state index is 10.8. The van der Waals surface area contributed by atoms with Gasteiger partial charge in [-0.1, -0.05) is 6.08 Å². The Labute approximate surface area is 47.0 Å². The molecule has 0 radical (unpaired) electrons. The molecule has 8 heavy (non-hydrogen) atoms. The molecule has 0 saturated heterocycles. The van der Waals surface area contributed by atoms with Gasteiger partial charge in [-0.3, -0.25) is 0 Å². The minimum atomic E-state index is -2.57. The summed E-state index contributed by atoms with van der Waals surface area (Å²) in [5.41, 5.74) is 0. The average Bonchev–Trinajstić information content (AvgIpc) is 1.83. The molecule has 0 aliphatic heterocycles. The van der Waals surface area contributed by atoms with E-state index in [0.29, 0.717) is 0 Å². The van der Waals surface area contributed by atoms with Crippen LogP contribution in [0.3, 0.4) is 0 Å². The van der Waals surface area contributed by atoms with Crippen LogP contribution in [0.2, 0.25) is 0 Å². The van der Waals surface area contributed by atoms with Crippen LogP contribution in [0.15, 0.2) is 12.7 Å². The lowest BCUT2D eigenvalue weighted by molar-refractivity contribution is -0.0144. The summed E-state index contributed by atoms with van der Waals surface area (Å²) in [6.45, 7) is 3.26. The summed E-state index contributed by atoms with van der Waals surface area (Å²) in [4.78, 5) is 0. The molecule has 1 unspecified atom stereocenters. The Balaban J connectivity index is 3.11. The Morgan fingerprint density at radius 1 is 1.88 bits per heavy atom. The first-order chi connectivity index (χ1) is 3.81. The molecule has 0 aromatic heterocycles. The Hall–Kier alpha value is -0.310. The zero-order chi connectivity index (χ0) is 6.41. The van der Waals surface area contributed by atoms with Gasteiger partial charge in [0.2, 0.25) is 0 Å². The van der Waals surface area contributed by atoms with E-state index < -0.39 is 8.25 Å². The van der Waals surface area contributed by atoms with Crippen molar-refractivity contribution in [2.24, 2.45) is 0 Å². The van der Waals surface area contributed by atoms with Gasteiger partial charge in [0.05, 0.1) is 0 Å². The average molecular weight is 139 g/mol. The summed E-state index contributed by atoms with van der Waals surface area (Å²) in [7, 11) is -2.57. The molecule has 46 valence electrons. The van der Waals surface area contributed by atoms with Gasteiger partial charge in [0.25, 0.3) is 0 Å². The molecule has 0 aromatic rings. The minimum Gasteiger partial charge on any atom is -0.113 e. The lowest BCUT2D eigenvalue weighted by atomic mass is 10.7. The molecule has 0 spiro atoms. The highest BCUT2D eigenvalue weighted by molar-refractivity contribution is 7.33. The summed E-state index contributed by atoms with van der Waals surface area (Å²) in [6.07, 6.45) is 1.34. The Kier molecular flexibility index (Phi) is 4.65. The number of hydrogen-bond acceptors (Lipinski definition) is 3. The number of rotatable bonds is 4. The van der Waals surface area contributed by atoms with Crippen LogP contribution in [0.1, 0.15) is 0 Å². The van der Waals surface area contributed by atoms with Crippen molar-refractivity contribution in [1.29, 1.82) is 0 Å². The standard InChI is InChI=1S/C3H5FO3P/c1-2-3-6-8(5)7-4/h2H,1,3H2/q+1. The van der Waals surface area contributed by atoms with Crippen molar-refractivity contribution in [3.63, 3.8) is 0 Å². The molecule has 0 amide bonds. The highest BCUT2D eigenvalue weighted by Gasteiger charge is 2.19. The van der Waals surface area contributed by atoms with Crippen molar-refractivity contribution in [3.05, 3.63) is 12.7 Å². The predicted octanol–water partition coefficient (Wildman–Crippen LogP) is 1.75. The summed E-state index contributed by atoms with van der Waals surface area (Å²) in [6, 6.07) is 0. The van der Waals surface area contributed by atoms with Gasteiger partial charge in [-0.15, -0.1) is 11.1 Å². The highest BCUT2D eigenvalue weighted by Crippen LogP contribution is 2.22. The third-order valence-electron chi connectivity index (χ3n) is 0.354. The van der Waals surface area contributed by atoms with Crippen LogP contribution in [-0.2, 0) is 13.8 Å². The van der Waals surface area contributed by atoms with Crippen LogP contribution in [-0.4, -0.2) is 6.61 Å². The van der Waals surface area contributed by atoms with Crippen molar-refractivity contribution < 1.29 is 18.3 Å². The predicted molar refractivity (Wildman–Crippen MR) is 25.9 cm³/mol. The van der Waals surface area contributed by atoms with Gasteiger partial charge in [-0.2, -0.15) is 0 Å². The molecular formula is C3H5FO3P+. The molecule has 0 aliphatic carbocycles.